The number of amides is 2. The Morgan fingerprint density at radius 3 is 2.46 bits per heavy atom. The van der Waals surface area contributed by atoms with E-state index in [0.29, 0.717) is 30.1 Å². The first-order valence-corrected chi connectivity index (χ1v) is 12.5. The lowest BCUT2D eigenvalue weighted by atomic mass is 10.1. The number of ether oxygens (including phenoxy) is 1. The highest BCUT2D eigenvalue weighted by Gasteiger charge is 2.28. The predicted molar refractivity (Wildman–Crippen MR) is 158 cm³/mol. The minimum absolute atomic E-state index is 0. The zero-order valence-electron chi connectivity index (χ0n) is 21.8. The van der Waals surface area contributed by atoms with Crippen LogP contribution >= 0.6 is 24.8 Å². The van der Waals surface area contributed by atoms with Gasteiger partial charge in [0.15, 0.2) is 0 Å². The summed E-state index contributed by atoms with van der Waals surface area (Å²) in [5.41, 5.74) is 3.22. The summed E-state index contributed by atoms with van der Waals surface area (Å²) in [7, 11) is 1.57. The lowest BCUT2D eigenvalue weighted by molar-refractivity contribution is -0.131. The van der Waals surface area contributed by atoms with Crippen molar-refractivity contribution in [2.45, 2.75) is 6.42 Å². The molecule has 206 valence electrons. The molecule has 39 heavy (non-hydrogen) atoms. The Bertz CT molecular complexity index is 1370. The normalized spacial score (nSPS) is 13.3. The van der Waals surface area contributed by atoms with E-state index in [0.717, 1.165) is 37.0 Å². The standard InChI is InChI=1S/C29H31N5O3.2ClH/c1-37-27-5-3-2-4-26(27)34(29(36)24-7-6-23-10-14-31-25(23)20-24)21-28(35)33-18-16-32(17-19-33)15-11-22-8-12-30-13-9-22;;/h2-10,12-14,20,31H,11,15-19,21H2,1H3;2*1H. The molecule has 1 aliphatic heterocycles. The SMILES string of the molecule is COc1ccccc1N(CC(=O)N1CCN(CCc2ccncc2)CC1)C(=O)c1ccc2cc[nH]c2c1.Cl.Cl. The van der Waals surface area contributed by atoms with Crippen LogP contribution in [0.2, 0.25) is 0 Å². The number of carbonyl (C=O) groups excluding carboxylic acids is 2. The molecule has 0 unspecified atom stereocenters. The van der Waals surface area contributed by atoms with Gasteiger partial charge in [-0.05, 0) is 59.8 Å². The molecule has 3 heterocycles. The summed E-state index contributed by atoms with van der Waals surface area (Å²) in [6.07, 6.45) is 6.43. The van der Waals surface area contributed by atoms with Gasteiger partial charge < -0.3 is 14.6 Å². The van der Waals surface area contributed by atoms with Gasteiger partial charge >= 0.3 is 0 Å². The van der Waals surface area contributed by atoms with Gasteiger partial charge in [-0.2, -0.15) is 0 Å². The molecule has 1 N–H and O–H groups in total. The second-order valence-corrected chi connectivity index (χ2v) is 9.17. The molecule has 0 spiro atoms. The zero-order valence-corrected chi connectivity index (χ0v) is 23.4. The van der Waals surface area contributed by atoms with E-state index < -0.39 is 0 Å². The highest BCUT2D eigenvalue weighted by molar-refractivity contribution is 6.10. The van der Waals surface area contributed by atoms with Crippen LogP contribution in [0.3, 0.4) is 0 Å². The van der Waals surface area contributed by atoms with E-state index >= 15 is 0 Å². The van der Waals surface area contributed by atoms with Gasteiger partial charge in [0.2, 0.25) is 5.91 Å². The molecule has 1 aliphatic rings. The smallest absolute Gasteiger partial charge is 0.258 e. The molecule has 0 atom stereocenters. The summed E-state index contributed by atoms with van der Waals surface area (Å²) in [6, 6.07) is 18.9. The molecule has 2 aromatic heterocycles. The summed E-state index contributed by atoms with van der Waals surface area (Å²) in [5, 5.41) is 1.03. The molecule has 1 saturated heterocycles. The maximum absolute atomic E-state index is 13.7. The van der Waals surface area contributed by atoms with Gasteiger partial charge in [0.1, 0.15) is 12.3 Å². The quantitative estimate of drug-likeness (QED) is 0.339. The van der Waals surface area contributed by atoms with Gasteiger partial charge in [0.05, 0.1) is 12.8 Å². The molecule has 2 aromatic carbocycles. The van der Waals surface area contributed by atoms with Crippen LogP contribution in [0.15, 0.2) is 79.3 Å². The first kappa shape index (κ1) is 30.0. The maximum Gasteiger partial charge on any atom is 0.258 e. The monoisotopic (exact) mass is 569 g/mol. The second kappa shape index (κ2) is 14.0. The number of para-hydroxylation sites is 2. The number of benzene rings is 2. The number of piperazine rings is 1. The Labute approximate surface area is 240 Å². The summed E-state index contributed by atoms with van der Waals surface area (Å²) in [5.74, 6) is 0.227. The Morgan fingerprint density at radius 2 is 1.72 bits per heavy atom. The van der Waals surface area contributed by atoms with E-state index in [1.165, 1.54) is 10.5 Å². The summed E-state index contributed by atoms with van der Waals surface area (Å²) in [6.45, 7) is 3.78. The number of aromatic nitrogens is 2. The number of nitrogens with one attached hydrogen (secondary N) is 1. The van der Waals surface area contributed by atoms with Crippen molar-refractivity contribution in [3.8, 4) is 5.75 Å². The minimum Gasteiger partial charge on any atom is -0.495 e. The average molecular weight is 571 g/mol. The Morgan fingerprint density at radius 1 is 0.974 bits per heavy atom. The van der Waals surface area contributed by atoms with Gasteiger partial charge in [-0.25, -0.2) is 0 Å². The highest BCUT2D eigenvalue weighted by atomic mass is 35.5. The van der Waals surface area contributed by atoms with Crippen LogP contribution in [-0.2, 0) is 11.2 Å². The molecule has 10 heteroatoms. The van der Waals surface area contributed by atoms with Gasteiger partial charge in [-0.3, -0.25) is 24.4 Å². The Kier molecular flexibility index (Phi) is 10.7. The number of carbonyl (C=O) groups is 2. The molecular weight excluding hydrogens is 537 g/mol. The van der Waals surface area contributed by atoms with E-state index in [4.69, 9.17) is 4.74 Å². The van der Waals surface area contributed by atoms with Crippen LogP contribution in [0.1, 0.15) is 15.9 Å². The lowest BCUT2D eigenvalue weighted by Gasteiger charge is -2.36. The fourth-order valence-corrected chi connectivity index (χ4v) is 4.75. The van der Waals surface area contributed by atoms with E-state index in [2.05, 4.69) is 14.9 Å². The molecular formula is C29H33Cl2N5O3. The number of H-pyrrole nitrogens is 1. The summed E-state index contributed by atoms with van der Waals surface area (Å²) < 4.78 is 5.54. The number of nitrogens with zero attached hydrogens (tertiary/aromatic N) is 4. The van der Waals surface area contributed by atoms with Gasteiger partial charge in [0, 0.05) is 62.4 Å². The van der Waals surface area contributed by atoms with E-state index in [1.54, 1.807) is 19.2 Å². The van der Waals surface area contributed by atoms with Crippen molar-refractivity contribution >= 4 is 53.2 Å². The fraction of sp³-hybridized carbons (Fsp3) is 0.276. The third-order valence-corrected chi connectivity index (χ3v) is 6.91. The van der Waals surface area contributed by atoms with Crippen LogP contribution < -0.4 is 9.64 Å². The minimum atomic E-state index is -0.245. The molecule has 1 fully saturated rings. The van der Waals surface area contributed by atoms with Crippen LogP contribution in [0.4, 0.5) is 5.69 Å². The number of rotatable bonds is 8. The average Bonchev–Trinajstić information content (AvgIpc) is 3.43. The largest absolute Gasteiger partial charge is 0.495 e. The zero-order chi connectivity index (χ0) is 25.6. The number of hydrogen-bond donors (Lipinski definition) is 1. The maximum atomic E-state index is 13.7. The number of aromatic amines is 1. The third kappa shape index (κ3) is 7.09. The van der Waals surface area contributed by atoms with Gasteiger partial charge in [-0.1, -0.05) is 18.2 Å². The van der Waals surface area contributed by atoms with Gasteiger partial charge in [-0.15, -0.1) is 24.8 Å². The first-order chi connectivity index (χ1) is 18.1. The van der Waals surface area contributed by atoms with E-state index in [-0.39, 0.29) is 43.2 Å². The summed E-state index contributed by atoms with van der Waals surface area (Å²) >= 11 is 0. The fourth-order valence-electron chi connectivity index (χ4n) is 4.75. The molecule has 0 bridgehead atoms. The van der Waals surface area contributed by atoms with Crippen molar-refractivity contribution in [1.82, 2.24) is 19.8 Å². The summed E-state index contributed by atoms with van der Waals surface area (Å²) in [4.78, 5) is 40.2. The number of anilines is 1. The van der Waals surface area contributed by atoms with Crippen LogP contribution in [0.25, 0.3) is 10.9 Å². The first-order valence-electron chi connectivity index (χ1n) is 12.5. The van der Waals surface area contributed by atoms with Crippen molar-refractivity contribution < 1.29 is 14.3 Å². The Balaban J connectivity index is 0.00000210. The topological polar surface area (TPSA) is 81.8 Å². The van der Waals surface area contributed by atoms with Crippen molar-refractivity contribution in [2.75, 3.05) is 51.3 Å². The van der Waals surface area contributed by atoms with Gasteiger partial charge in [0.25, 0.3) is 5.91 Å². The van der Waals surface area contributed by atoms with Crippen molar-refractivity contribution in [3.63, 3.8) is 0 Å². The lowest BCUT2D eigenvalue weighted by Crippen LogP contribution is -2.52. The number of fused-ring (bicyclic) bond motifs is 1. The molecule has 4 aromatic rings. The van der Waals surface area contributed by atoms with Crippen molar-refractivity contribution in [3.05, 3.63) is 90.4 Å². The molecule has 2 amide bonds. The third-order valence-electron chi connectivity index (χ3n) is 6.91. The van der Waals surface area contributed by atoms with E-state index in [9.17, 15) is 9.59 Å². The van der Waals surface area contributed by atoms with Crippen LogP contribution in [0.5, 0.6) is 5.75 Å². The molecule has 8 nitrogen and oxygen atoms in total. The number of halogens is 2. The predicted octanol–water partition coefficient (Wildman–Crippen LogP) is 4.45. The van der Waals surface area contributed by atoms with E-state index in [1.807, 2.05) is 72.0 Å². The highest BCUT2D eigenvalue weighted by Crippen LogP contribution is 2.29. The van der Waals surface area contributed by atoms with Crippen molar-refractivity contribution in [2.24, 2.45) is 0 Å². The number of pyridine rings is 1. The number of methoxy groups -OCH3 is 1. The molecule has 0 radical (unpaired) electrons. The second-order valence-electron chi connectivity index (χ2n) is 9.17. The van der Waals surface area contributed by atoms with Crippen LogP contribution in [-0.4, -0.2) is 78.0 Å². The molecule has 0 aliphatic carbocycles. The van der Waals surface area contributed by atoms with Crippen LogP contribution in [0, 0.1) is 0 Å². The number of hydrogen-bond acceptors (Lipinski definition) is 5. The molecule has 0 saturated carbocycles. The van der Waals surface area contributed by atoms with Crippen molar-refractivity contribution in [1.29, 1.82) is 0 Å². The molecule has 5 rings (SSSR count). The Hall–Kier alpha value is -3.59.